The lowest BCUT2D eigenvalue weighted by Gasteiger charge is -2.16. The Hall–Kier alpha value is -4.44. The molecule has 0 fully saturated rings. The normalized spacial score (nSPS) is 10.6. The average molecular weight is 421 g/mol. The molecule has 4 aromatic rings. The van der Waals surface area contributed by atoms with Crippen LogP contribution in [0.3, 0.4) is 0 Å². The number of anilines is 2. The van der Waals surface area contributed by atoms with Crippen molar-refractivity contribution in [3.8, 4) is 22.6 Å². The van der Waals surface area contributed by atoms with Gasteiger partial charge in [0.2, 0.25) is 0 Å². The van der Waals surface area contributed by atoms with Crippen molar-refractivity contribution in [2.24, 2.45) is 0 Å². The molecule has 0 atom stereocenters. The van der Waals surface area contributed by atoms with E-state index >= 15 is 0 Å². The molecule has 0 aliphatic rings. The molecule has 0 heterocycles. The highest BCUT2D eigenvalue weighted by molar-refractivity contribution is 5.91. The van der Waals surface area contributed by atoms with Crippen molar-refractivity contribution in [1.29, 1.82) is 0 Å². The van der Waals surface area contributed by atoms with E-state index in [1.807, 2.05) is 72.8 Å². The van der Waals surface area contributed by atoms with Gasteiger partial charge in [-0.1, -0.05) is 73.8 Å². The lowest BCUT2D eigenvalue weighted by atomic mass is 9.91. The highest BCUT2D eigenvalue weighted by Crippen LogP contribution is 2.41. The molecule has 4 aromatic carbocycles. The maximum absolute atomic E-state index is 10.6. The zero-order chi connectivity index (χ0) is 22.8. The molecule has 0 aliphatic heterocycles. The van der Waals surface area contributed by atoms with Gasteiger partial charge in [-0.05, 0) is 57.7 Å². The Morgan fingerprint density at radius 1 is 0.562 bits per heavy atom. The van der Waals surface area contributed by atoms with Gasteiger partial charge in [0.1, 0.15) is 11.5 Å². The predicted molar refractivity (Wildman–Crippen MR) is 133 cm³/mol. The fourth-order valence-corrected chi connectivity index (χ4v) is 3.70. The fourth-order valence-electron chi connectivity index (χ4n) is 3.70. The van der Waals surface area contributed by atoms with E-state index in [4.69, 9.17) is 11.5 Å². The Morgan fingerprint density at radius 3 is 1.25 bits per heavy atom. The monoisotopic (exact) mass is 420 g/mol. The number of aromatic hydroxyl groups is 2. The van der Waals surface area contributed by atoms with Crippen LogP contribution < -0.4 is 11.5 Å². The summed E-state index contributed by atoms with van der Waals surface area (Å²) in [6.45, 7) is 8.31. The number of phenolic OH excluding ortho intramolecular Hbond substituents is 2. The summed E-state index contributed by atoms with van der Waals surface area (Å²) < 4.78 is 0. The first-order valence-corrected chi connectivity index (χ1v) is 10.1. The minimum atomic E-state index is -0.0247. The third-order valence-corrected chi connectivity index (χ3v) is 5.51. The lowest BCUT2D eigenvalue weighted by Crippen LogP contribution is -1.97. The molecule has 158 valence electrons. The first-order valence-electron chi connectivity index (χ1n) is 10.1. The van der Waals surface area contributed by atoms with Gasteiger partial charge in [-0.25, -0.2) is 0 Å². The molecule has 4 rings (SSSR count). The summed E-state index contributed by atoms with van der Waals surface area (Å²) in [5, 5.41) is 21.3. The largest absolute Gasteiger partial charge is 0.505 e. The second-order valence-corrected chi connectivity index (χ2v) is 7.61. The quantitative estimate of drug-likeness (QED) is 0.233. The van der Waals surface area contributed by atoms with Crippen LogP contribution in [0, 0.1) is 0 Å². The number of phenols is 2. The van der Waals surface area contributed by atoms with Gasteiger partial charge in [-0.2, -0.15) is 0 Å². The van der Waals surface area contributed by atoms with Gasteiger partial charge in [0.25, 0.3) is 0 Å². The van der Waals surface area contributed by atoms with E-state index in [2.05, 4.69) is 13.2 Å². The second-order valence-electron chi connectivity index (χ2n) is 7.61. The highest BCUT2D eigenvalue weighted by atomic mass is 16.3. The van der Waals surface area contributed by atoms with Crippen LogP contribution in [0.15, 0.2) is 98.1 Å². The summed E-state index contributed by atoms with van der Waals surface area (Å²) in [6, 6.07) is 26.2. The maximum Gasteiger partial charge on any atom is 0.146 e. The van der Waals surface area contributed by atoms with Crippen molar-refractivity contribution in [3.05, 3.63) is 120 Å². The van der Waals surface area contributed by atoms with Crippen molar-refractivity contribution < 1.29 is 10.2 Å². The predicted octanol–water partition coefficient (Wildman–Crippen LogP) is 6.05. The summed E-state index contributed by atoms with van der Waals surface area (Å²) in [6.07, 6.45) is 0. The zero-order valence-corrected chi connectivity index (χ0v) is 17.5. The van der Waals surface area contributed by atoms with E-state index in [-0.39, 0.29) is 22.9 Å². The molecule has 0 spiro atoms. The van der Waals surface area contributed by atoms with Crippen LogP contribution in [0.4, 0.5) is 11.4 Å². The van der Waals surface area contributed by atoms with Gasteiger partial charge in [0.15, 0.2) is 0 Å². The Labute approximate surface area is 187 Å². The van der Waals surface area contributed by atoms with Crippen LogP contribution in [0.5, 0.6) is 11.5 Å². The van der Waals surface area contributed by atoms with E-state index in [1.54, 1.807) is 12.1 Å². The second kappa shape index (κ2) is 8.36. The van der Waals surface area contributed by atoms with Gasteiger partial charge in [-0.15, -0.1) is 0 Å². The van der Waals surface area contributed by atoms with Crippen LogP contribution in [0.2, 0.25) is 0 Å². The molecule has 6 N–H and O–H groups in total. The molecule has 0 aromatic heterocycles. The van der Waals surface area contributed by atoms with E-state index in [1.165, 1.54) is 0 Å². The lowest BCUT2D eigenvalue weighted by molar-refractivity contribution is 0.475. The standard InChI is InChI=1S/C28H24N2O2/c1-17(19-9-5-3-6-10-19)23-13-21(15-25(29)27(23)31)22-14-24(28(32)26(30)16-22)18(2)20-11-7-4-8-12-20/h3-16,31-32H,1-2,29-30H2. The van der Waals surface area contributed by atoms with Crippen molar-refractivity contribution >= 4 is 22.5 Å². The smallest absolute Gasteiger partial charge is 0.146 e. The molecule has 0 saturated carbocycles. The van der Waals surface area contributed by atoms with Gasteiger partial charge >= 0.3 is 0 Å². The number of hydrogen-bond donors (Lipinski definition) is 4. The number of rotatable bonds is 5. The van der Waals surface area contributed by atoms with Crippen LogP contribution >= 0.6 is 0 Å². The first kappa shape index (κ1) is 20.8. The molecule has 0 unspecified atom stereocenters. The van der Waals surface area contributed by atoms with Crippen LogP contribution in [0.25, 0.3) is 22.3 Å². The van der Waals surface area contributed by atoms with Crippen molar-refractivity contribution in [2.45, 2.75) is 0 Å². The number of nitrogens with two attached hydrogens (primary N) is 2. The molecule has 4 heteroatoms. The Balaban J connectivity index is 1.84. The number of nitrogen functional groups attached to an aromatic ring is 2. The van der Waals surface area contributed by atoms with Crippen LogP contribution in [-0.2, 0) is 0 Å². The number of benzene rings is 4. The SMILES string of the molecule is C=C(c1ccccc1)c1cc(-c2cc(N)c(O)c(C(=C)c3ccccc3)c2)cc(N)c1O. The van der Waals surface area contributed by atoms with Crippen molar-refractivity contribution in [1.82, 2.24) is 0 Å². The molecule has 4 nitrogen and oxygen atoms in total. The van der Waals surface area contributed by atoms with E-state index < -0.39 is 0 Å². The fraction of sp³-hybridized carbons (Fsp3) is 0. The molecular formula is C28H24N2O2. The Morgan fingerprint density at radius 2 is 0.906 bits per heavy atom. The third-order valence-electron chi connectivity index (χ3n) is 5.51. The molecule has 0 saturated heterocycles. The van der Waals surface area contributed by atoms with Gasteiger partial charge in [-0.3, -0.25) is 0 Å². The van der Waals surface area contributed by atoms with E-state index in [0.29, 0.717) is 22.3 Å². The third kappa shape index (κ3) is 3.82. The minimum Gasteiger partial charge on any atom is -0.505 e. The summed E-state index contributed by atoms with van der Waals surface area (Å²) >= 11 is 0. The Bertz CT molecular complexity index is 1220. The maximum atomic E-state index is 10.6. The summed E-state index contributed by atoms with van der Waals surface area (Å²) in [7, 11) is 0. The highest BCUT2D eigenvalue weighted by Gasteiger charge is 2.17. The minimum absolute atomic E-state index is 0.0247. The van der Waals surface area contributed by atoms with Crippen LogP contribution in [-0.4, -0.2) is 10.2 Å². The van der Waals surface area contributed by atoms with Crippen LogP contribution in [0.1, 0.15) is 22.3 Å². The molecule has 0 bridgehead atoms. The van der Waals surface area contributed by atoms with Crippen molar-refractivity contribution in [2.75, 3.05) is 11.5 Å². The van der Waals surface area contributed by atoms with Gasteiger partial charge in [0.05, 0.1) is 11.4 Å². The van der Waals surface area contributed by atoms with E-state index in [9.17, 15) is 10.2 Å². The molecular weight excluding hydrogens is 396 g/mol. The molecule has 0 radical (unpaired) electrons. The summed E-state index contributed by atoms with van der Waals surface area (Å²) in [5.41, 5.74) is 18.3. The molecule has 32 heavy (non-hydrogen) atoms. The molecule has 0 aliphatic carbocycles. The molecule has 0 amide bonds. The summed E-state index contributed by atoms with van der Waals surface area (Å²) in [4.78, 5) is 0. The number of hydrogen-bond acceptors (Lipinski definition) is 4. The van der Waals surface area contributed by atoms with Gasteiger partial charge < -0.3 is 21.7 Å². The summed E-state index contributed by atoms with van der Waals surface area (Å²) in [5.74, 6) is -0.0495. The topological polar surface area (TPSA) is 92.5 Å². The van der Waals surface area contributed by atoms with Gasteiger partial charge in [0, 0.05) is 11.1 Å². The zero-order valence-electron chi connectivity index (χ0n) is 17.5. The van der Waals surface area contributed by atoms with E-state index in [0.717, 1.165) is 22.3 Å². The van der Waals surface area contributed by atoms with Crippen molar-refractivity contribution in [3.63, 3.8) is 0 Å². The Kier molecular flexibility index (Phi) is 5.44. The first-order chi connectivity index (χ1) is 15.4. The average Bonchev–Trinajstić information content (AvgIpc) is 2.82.